The highest BCUT2D eigenvalue weighted by Gasteiger charge is 2.31. The molecule has 1 atom stereocenters. The topological polar surface area (TPSA) is 63.6 Å². The van der Waals surface area contributed by atoms with Gasteiger partial charge < -0.3 is 10.1 Å². The fraction of sp³-hybridized carbons (Fsp3) is 0.167. The van der Waals surface area contributed by atoms with Crippen LogP contribution in [-0.2, 0) is 9.53 Å². The largest absolute Gasteiger partial charge is 0.466 e. The third-order valence-electron chi connectivity index (χ3n) is 3.75. The van der Waals surface area contributed by atoms with E-state index in [0.29, 0.717) is 27.8 Å². The Bertz CT molecular complexity index is 831. The monoisotopic (exact) mass is 341 g/mol. The first-order valence-electron chi connectivity index (χ1n) is 7.41. The van der Waals surface area contributed by atoms with Crippen LogP contribution in [0.1, 0.15) is 24.2 Å². The molecule has 1 aliphatic heterocycles. The van der Waals surface area contributed by atoms with Gasteiger partial charge in [0, 0.05) is 22.5 Å². The number of rotatable bonds is 3. The van der Waals surface area contributed by atoms with Gasteiger partial charge in [-0.15, -0.1) is 0 Å². The summed E-state index contributed by atoms with van der Waals surface area (Å²) in [5, 5.41) is 3.68. The zero-order valence-corrected chi connectivity index (χ0v) is 14.0. The number of allylic oxidation sites excluding steroid dienone is 1. The molecule has 2 heterocycles. The number of pyridine rings is 1. The molecule has 1 N–H and O–H groups in total. The van der Waals surface area contributed by atoms with Gasteiger partial charge in [-0.2, -0.15) is 0 Å². The average molecular weight is 342 g/mol. The molecule has 2 aromatic rings. The lowest BCUT2D eigenvalue weighted by Crippen LogP contribution is -2.33. The molecule has 0 bridgehead atoms. The minimum absolute atomic E-state index is 0.435. The molecule has 0 spiro atoms. The van der Waals surface area contributed by atoms with Crippen LogP contribution in [-0.4, -0.2) is 23.9 Å². The van der Waals surface area contributed by atoms with Crippen LogP contribution in [0.2, 0.25) is 5.02 Å². The minimum Gasteiger partial charge on any atom is -0.466 e. The van der Waals surface area contributed by atoms with Gasteiger partial charge in [-0.25, -0.2) is 4.79 Å². The van der Waals surface area contributed by atoms with Gasteiger partial charge in [-0.05, 0) is 25.1 Å². The molecule has 1 aromatic heterocycles. The molecule has 6 heteroatoms. The molecule has 0 saturated heterocycles. The standard InChI is InChI=1S/C18H16ClN3O2/c1-11-15(18(23)24-2)16(12-7-3-4-8-13(12)19)22-17(21-11)14-9-5-6-10-20-14/h3-10,16H,1-2H3,(H,21,22). The first kappa shape index (κ1) is 16.2. The highest BCUT2D eigenvalue weighted by molar-refractivity contribution is 6.31. The maximum absolute atomic E-state index is 12.3. The van der Waals surface area contributed by atoms with Gasteiger partial charge in [-0.3, -0.25) is 9.98 Å². The number of benzene rings is 1. The number of aromatic nitrogens is 1. The Hall–Kier alpha value is -2.66. The fourth-order valence-corrected chi connectivity index (χ4v) is 2.84. The van der Waals surface area contributed by atoms with E-state index >= 15 is 0 Å². The van der Waals surface area contributed by atoms with Crippen molar-refractivity contribution in [2.24, 2.45) is 4.99 Å². The Labute approximate surface area is 145 Å². The van der Waals surface area contributed by atoms with Crippen LogP contribution in [0.4, 0.5) is 0 Å². The summed E-state index contributed by atoms with van der Waals surface area (Å²) in [7, 11) is 1.35. The van der Waals surface area contributed by atoms with E-state index in [1.165, 1.54) is 7.11 Å². The van der Waals surface area contributed by atoms with Crippen LogP contribution in [0.25, 0.3) is 0 Å². The molecule has 0 saturated carbocycles. The van der Waals surface area contributed by atoms with E-state index in [2.05, 4.69) is 15.3 Å². The summed E-state index contributed by atoms with van der Waals surface area (Å²) in [5.41, 5.74) is 2.54. The number of carbonyl (C=O) groups is 1. The van der Waals surface area contributed by atoms with Crippen LogP contribution in [0.5, 0.6) is 0 Å². The van der Waals surface area contributed by atoms with E-state index in [1.807, 2.05) is 43.3 Å². The Kier molecular flexibility index (Phi) is 4.62. The van der Waals surface area contributed by atoms with Crippen LogP contribution in [0.15, 0.2) is 64.9 Å². The summed E-state index contributed by atoms with van der Waals surface area (Å²) < 4.78 is 4.93. The summed E-state index contributed by atoms with van der Waals surface area (Å²) >= 11 is 6.33. The zero-order valence-electron chi connectivity index (χ0n) is 13.3. The van der Waals surface area contributed by atoms with Gasteiger partial charge in [0.05, 0.1) is 12.7 Å². The summed E-state index contributed by atoms with van der Waals surface area (Å²) in [6, 6.07) is 12.4. The number of ether oxygens (including phenoxy) is 1. The molecule has 1 aliphatic rings. The summed E-state index contributed by atoms with van der Waals surface area (Å²) in [5.74, 6) is 0.152. The molecule has 0 radical (unpaired) electrons. The summed E-state index contributed by atoms with van der Waals surface area (Å²) in [6.07, 6.45) is 1.69. The third kappa shape index (κ3) is 3.03. The van der Waals surface area contributed by atoms with Crippen LogP contribution >= 0.6 is 11.6 Å². The predicted molar refractivity (Wildman–Crippen MR) is 92.8 cm³/mol. The minimum atomic E-state index is -0.551. The maximum atomic E-state index is 12.3. The molecule has 0 amide bonds. The third-order valence-corrected chi connectivity index (χ3v) is 4.10. The SMILES string of the molecule is COC(=O)C1=C(C)NC(c2ccccn2)=NC1c1ccccc1Cl. The number of methoxy groups -OCH3 is 1. The lowest BCUT2D eigenvalue weighted by molar-refractivity contribution is -0.136. The Morgan fingerprint density at radius 3 is 2.62 bits per heavy atom. The molecule has 5 nitrogen and oxygen atoms in total. The van der Waals surface area contributed by atoms with Gasteiger partial charge in [0.25, 0.3) is 0 Å². The van der Waals surface area contributed by atoms with Gasteiger partial charge >= 0.3 is 5.97 Å². The first-order chi connectivity index (χ1) is 11.6. The number of aliphatic imine (C=N–C) groups is 1. The molecular formula is C18H16ClN3O2. The van der Waals surface area contributed by atoms with E-state index in [4.69, 9.17) is 16.3 Å². The Morgan fingerprint density at radius 1 is 1.21 bits per heavy atom. The molecule has 1 aromatic carbocycles. The number of carbonyl (C=O) groups excluding carboxylic acids is 1. The lowest BCUT2D eigenvalue weighted by atomic mass is 9.95. The van der Waals surface area contributed by atoms with Crippen LogP contribution in [0.3, 0.4) is 0 Å². The van der Waals surface area contributed by atoms with Crippen molar-refractivity contribution in [3.63, 3.8) is 0 Å². The van der Waals surface area contributed by atoms with E-state index in [1.54, 1.807) is 12.3 Å². The zero-order chi connectivity index (χ0) is 17.1. The average Bonchev–Trinajstić information content (AvgIpc) is 2.61. The molecule has 1 unspecified atom stereocenters. The summed E-state index contributed by atoms with van der Waals surface area (Å²) in [6.45, 7) is 1.81. The quantitative estimate of drug-likeness (QED) is 0.870. The maximum Gasteiger partial charge on any atom is 0.338 e. The molecular weight excluding hydrogens is 326 g/mol. The van der Waals surface area contributed by atoms with E-state index < -0.39 is 12.0 Å². The highest BCUT2D eigenvalue weighted by Crippen LogP contribution is 2.35. The first-order valence-corrected chi connectivity index (χ1v) is 7.79. The summed E-state index contributed by atoms with van der Waals surface area (Å²) in [4.78, 5) is 21.3. The van der Waals surface area contributed by atoms with Crippen molar-refractivity contribution >= 4 is 23.4 Å². The number of amidine groups is 1. The number of nitrogens with zero attached hydrogens (tertiary/aromatic N) is 2. The van der Waals surface area contributed by atoms with Gasteiger partial charge in [0.15, 0.2) is 5.84 Å². The molecule has 0 fully saturated rings. The number of hydrogen-bond acceptors (Lipinski definition) is 5. The number of esters is 1. The van der Waals surface area contributed by atoms with Crippen LogP contribution < -0.4 is 5.32 Å². The van der Waals surface area contributed by atoms with Crippen molar-refractivity contribution in [3.8, 4) is 0 Å². The lowest BCUT2D eigenvalue weighted by Gasteiger charge is -2.26. The van der Waals surface area contributed by atoms with E-state index in [-0.39, 0.29) is 0 Å². The fourth-order valence-electron chi connectivity index (χ4n) is 2.61. The number of halogens is 1. The van der Waals surface area contributed by atoms with E-state index in [9.17, 15) is 4.79 Å². The number of hydrogen-bond donors (Lipinski definition) is 1. The van der Waals surface area contributed by atoms with Crippen molar-refractivity contribution in [2.75, 3.05) is 7.11 Å². The van der Waals surface area contributed by atoms with Crippen molar-refractivity contribution in [1.29, 1.82) is 0 Å². The second kappa shape index (κ2) is 6.84. The Balaban J connectivity index is 2.13. The van der Waals surface area contributed by atoms with Gasteiger partial charge in [-0.1, -0.05) is 35.9 Å². The molecule has 24 heavy (non-hydrogen) atoms. The molecule has 122 valence electrons. The predicted octanol–water partition coefficient (Wildman–Crippen LogP) is 3.27. The van der Waals surface area contributed by atoms with Crippen LogP contribution in [0, 0.1) is 0 Å². The smallest absolute Gasteiger partial charge is 0.338 e. The second-order valence-corrected chi connectivity index (χ2v) is 5.68. The van der Waals surface area contributed by atoms with Gasteiger partial charge in [0.1, 0.15) is 11.7 Å². The van der Waals surface area contributed by atoms with Crippen molar-refractivity contribution in [1.82, 2.24) is 10.3 Å². The van der Waals surface area contributed by atoms with Crippen molar-refractivity contribution in [3.05, 3.63) is 76.2 Å². The van der Waals surface area contributed by atoms with Crippen molar-refractivity contribution in [2.45, 2.75) is 13.0 Å². The molecule has 3 rings (SSSR count). The van der Waals surface area contributed by atoms with Crippen molar-refractivity contribution < 1.29 is 9.53 Å². The highest BCUT2D eigenvalue weighted by atomic mass is 35.5. The number of nitrogens with one attached hydrogen (secondary N) is 1. The van der Waals surface area contributed by atoms with Gasteiger partial charge in [0.2, 0.25) is 0 Å². The van der Waals surface area contributed by atoms with E-state index in [0.717, 1.165) is 5.56 Å². The molecule has 0 aliphatic carbocycles. The normalized spacial score (nSPS) is 17.1. The Morgan fingerprint density at radius 2 is 1.96 bits per heavy atom. The second-order valence-electron chi connectivity index (χ2n) is 5.27.